The molecule has 2 aromatic rings. The van der Waals surface area contributed by atoms with Crippen molar-refractivity contribution in [1.29, 1.82) is 0 Å². The highest BCUT2D eigenvalue weighted by Gasteiger charge is 2.25. The zero-order valence-corrected chi connectivity index (χ0v) is 17.0. The Bertz CT molecular complexity index is 783. The van der Waals surface area contributed by atoms with Crippen LogP contribution >= 0.6 is 0 Å². The number of hydrogen-bond acceptors (Lipinski definition) is 4. The van der Waals surface area contributed by atoms with E-state index >= 15 is 0 Å². The first-order valence-corrected chi connectivity index (χ1v) is 9.96. The number of ether oxygens (including phenoxy) is 2. The molecule has 1 aliphatic carbocycles. The van der Waals surface area contributed by atoms with Crippen molar-refractivity contribution in [2.75, 3.05) is 19.5 Å². The number of anilines is 1. The van der Waals surface area contributed by atoms with Crippen LogP contribution in [0.4, 0.5) is 5.69 Å². The Hall–Kier alpha value is -2.69. The Labute approximate surface area is 167 Å². The van der Waals surface area contributed by atoms with Gasteiger partial charge >= 0.3 is 0 Å². The minimum absolute atomic E-state index is 0.0142. The van der Waals surface area contributed by atoms with E-state index in [-0.39, 0.29) is 11.9 Å². The molecule has 150 valence electrons. The lowest BCUT2D eigenvalue weighted by atomic mass is 9.95. The van der Waals surface area contributed by atoms with Gasteiger partial charge in [0.25, 0.3) is 0 Å². The minimum Gasteiger partial charge on any atom is -0.493 e. The number of nitrogens with one attached hydrogen (secondary N) is 2. The van der Waals surface area contributed by atoms with E-state index in [0.29, 0.717) is 11.5 Å². The lowest BCUT2D eigenvalue weighted by molar-refractivity contribution is -0.122. The van der Waals surface area contributed by atoms with E-state index in [9.17, 15) is 4.79 Å². The van der Waals surface area contributed by atoms with E-state index in [1.165, 1.54) is 24.8 Å². The summed E-state index contributed by atoms with van der Waals surface area (Å²) in [6.45, 7) is 2.05. The second-order valence-corrected chi connectivity index (χ2v) is 7.40. The molecule has 0 unspecified atom stereocenters. The minimum atomic E-state index is -0.510. The summed E-state index contributed by atoms with van der Waals surface area (Å²) in [5.74, 6) is 1.24. The first-order chi connectivity index (χ1) is 13.6. The van der Waals surface area contributed by atoms with Gasteiger partial charge in [-0.3, -0.25) is 4.79 Å². The van der Waals surface area contributed by atoms with Crippen LogP contribution in [0.5, 0.6) is 11.5 Å². The number of amides is 1. The Morgan fingerprint density at radius 1 is 0.964 bits per heavy atom. The van der Waals surface area contributed by atoms with E-state index in [1.54, 1.807) is 14.2 Å². The SMILES string of the molecule is COc1ccc([C@H](Nc2ccc(C)cc2)C(=O)NC2CCCCC2)cc1OC. The van der Waals surface area contributed by atoms with Crippen LogP contribution in [0.15, 0.2) is 42.5 Å². The molecule has 28 heavy (non-hydrogen) atoms. The smallest absolute Gasteiger partial charge is 0.247 e. The zero-order chi connectivity index (χ0) is 19.9. The molecule has 1 atom stereocenters. The van der Waals surface area contributed by atoms with Crippen molar-refractivity contribution in [3.63, 3.8) is 0 Å². The summed E-state index contributed by atoms with van der Waals surface area (Å²) >= 11 is 0. The summed E-state index contributed by atoms with van der Waals surface area (Å²) in [7, 11) is 3.21. The molecule has 0 saturated heterocycles. The van der Waals surface area contributed by atoms with Gasteiger partial charge in [-0.1, -0.05) is 43.0 Å². The molecule has 1 aliphatic rings. The molecule has 1 amide bonds. The highest BCUT2D eigenvalue weighted by molar-refractivity contribution is 5.86. The van der Waals surface area contributed by atoms with Crippen LogP contribution in [0, 0.1) is 6.92 Å². The number of hydrogen-bond donors (Lipinski definition) is 2. The maximum absolute atomic E-state index is 13.2. The third-order valence-corrected chi connectivity index (χ3v) is 5.32. The van der Waals surface area contributed by atoms with Crippen molar-refractivity contribution in [2.45, 2.75) is 51.1 Å². The van der Waals surface area contributed by atoms with Crippen molar-refractivity contribution < 1.29 is 14.3 Å². The van der Waals surface area contributed by atoms with Gasteiger partial charge in [-0.2, -0.15) is 0 Å². The van der Waals surface area contributed by atoms with Crippen LogP contribution in [0.2, 0.25) is 0 Å². The zero-order valence-electron chi connectivity index (χ0n) is 17.0. The molecule has 0 aliphatic heterocycles. The molecule has 2 N–H and O–H groups in total. The lowest BCUT2D eigenvalue weighted by Crippen LogP contribution is -2.41. The molecule has 0 bridgehead atoms. The van der Waals surface area contributed by atoms with Gasteiger partial charge in [0.15, 0.2) is 11.5 Å². The third kappa shape index (κ3) is 4.97. The van der Waals surface area contributed by atoms with Crippen LogP contribution in [0.25, 0.3) is 0 Å². The van der Waals surface area contributed by atoms with Gasteiger partial charge < -0.3 is 20.1 Å². The van der Waals surface area contributed by atoms with E-state index in [4.69, 9.17) is 9.47 Å². The van der Waals surface area contributed by atoms with E-state index in [2.05, 4.69) is 10.6 Å². The second-order valence-electron chi connectivity index (χ2n) is 7.40. The van der Waals surface area contributed by atoms with Gasteiger partial charge in [-0.15, -0.1) is 0 Å². The molecule has 1 saturated carbocycles. The Morgan fingerprint density at radius 3 is 2.29 bits per heavy atom. The maximum Gasteiger partial charge on any atom is 0.247 e. The van der Waals surface area contributed by atoms with Gasteiger partial charge in [0.1, 0.15) is 6.04 Å². The number of carbonyl (C=O) groups is 1. The molecule has 0 radical (unpaired) electrons. The van der Waals surface area contributed by atoms with Gasteiger partial charge in [-0.05, 0) is 49.6 Å². The normalized spacial score (nSPS) is 15.5. The van der Waals surface area contributed by atoms with Gasteiger partial charge in [-0.25, -0.2) is 0 Å². The number of rotatable bonds is 7. The largest absolute Gasteiger partial charge is 0.493 e. The average molecular weight is 383 g/mol. The van der Waals surface area contributed by atoms with Crippen LogP contribution in [0.1, 0.15) is 49.3 Å². The summed E-state index contributed by atoms with van der Waals surface area (Å²) in [6, 6.07) is 13.4. The maximum atomic E-state index is 13.2. The molecule has 2 aromatic carbocycles. The third-order valence-electron chi connectivity index (χ3n) is 5.32. The van der Waals surface area contributed by atoms with Crippen LogP contribution < -0.4 is 20.1 Å². The lowest BCUT2D eigenvalue weighted by Gasteiger charge is -2.27. The van der Waals surface area contributed by atoms with Gasteiger partial charge in [0.2, 0.25) is 5.91 Å². The number of carbonyl (C=O) groups excluding carboxylic acids is 1. The molecule has 0 spiro atoms. The quantitative estimate of drug-likeness (QED) is 0.734. The monoisotopic (exact) mass is 382 g/mol. The average Bonchev–Trinajstić information content (AvgIpc) is 2.73. The van der Waals surface area contributed by atoms with E-state index in [0.717, 1.165) is 24.1 Å². The fourth-order valence-electron chi connectivity index (χ4n) is 3.68. The van der Waals surface area contributed by atoms with Crippen molar-refractivity contribution in [2.24, 2.45) is 0 Å². The van der Waals surface area contributed by atoms with Crippen molar-refractivity contribution in [1.82, 2.24) is 5.32 Å². The fourth-order valence-corrected chi connectivity index (χ4v) is 3.68. The molecule has 0 heterocycles. The predicted octanol–water partition coefficient (Wildman–Crippen LogP) is 4.61. The highest BCUT2D eigenvalue weighted by atomic mass is 16.5. The Morgan fingerprint density at radius 2 is 1.64 bits per heavy atom. The van der Waals surface area contributed by atoms with Crippen LogP contribution in [-0.4, -0.2) is 26.2 Å². The summed E-state index contributed by atoms with van der Waals surface area (Å²) in [5.41, 5.74) is 2.93. The number of benzene rings is 2. The summed E-state index contributed by atoms with van der Waals surface area (Å²) in [4.78, 5) is 13.2. The van der Waals surface area contributed by atoms with Crippen molar-refractivity contribution in [3.8, 4) is 11.5 Å². The molecular weight excluding hydrogens is 352 g/mol. The summed E-state index contributed by atoms with van der Waals surface area (Å²) in [6.07, 6.45) is 5.71. The first kappa shape index (κ1) is 20.1. The fraction of sp³-hybridized carbons (Fsp3) is 0.435. The number of methoxy groups -OCH3 is 2. The predicted molar refractivity (Wildman–Crippen MR) is 112 cm³/mol. The van der Waals surface area contributed by atoms with E-state index in [1.807, 2.05) is 49.4 Å². The van der Waals surface area contributed by atoms with Crippen molar-refractivity contribution in [3.05, 3.63) is 53.6 Å². The first-order valence-electron chi connectivity index (χ1n) is 9.96. The summed E-state index contributed by atoms with van der Waals surface area (Å²) < 4.78 is 10.8. The second kappa shape index (κ2) is 9.49. The molecule has 1 fully saturated rings. The molecular formula is C23H30N2O3. The Balaban J connectivity index is 1.86. The summed E-state index contributed by atoms with van der Waals surface area (Å²) in [5, 5.41) is 6.63. The number of aryl methyl sites for hydroxylation is 1. The van der Waals surface area contributed by atoms with Crippen LogP contribution in [0.3, 0.4) is 0 Å². The molecule has 5 nitrogen and oxygen atoms in total. The van der Waals surface area contributed by atoms with Crippen molar-refractivity contribution >= 4 is 11.6 Å². The Kier molecular flexibility index (Phi) is 6.80. The van der Waals surface area contributed by atoms with Crippen LogP contribution in [-0.2, 0) is 4.79 Å². The van der Waals surface area contributed by atoms with Gasteiger partial charge in [0, 0.05) is 11.7 Å². The van der Waals surface area contributed by atoms with Gasteiger partial charge in [0.05, 0.1) is 14.2 Å². The highest BCUT2D eigenvalue weighted by Crippen LogP contribution is 2.32. The topological polar surface area (TPSA) is 59.6 Å². The standard InChI is InChI=1S/C23H30N2O3/c1-16-9-12-19(13-10-16)24-22(23(26)25-18-7-5-4-6-8-18)17-11-14-20(27-2)21(15-17)28-3/h9-15,18,22,24H,4-8H2,1-3H3,(H,25,26)/t22-/m0/s1. The molecule has 3 rings (SSSR count). The van der Waals surface area contributed by atoms with E-state index < -0.39 is 6.04 Å². The molecule has 5 heteroatoms. The molecule has 0 aromatic heterocycles.